The predicted molar refractivity (Wildman–Crippen MR) is 158 cm³/mol. The number of carbonyl (C=O) groups excluding carboxylic acids is 2. The first-order chi connectivity index (χ1) is 19.5. The lowest BCUT2D eigenvalue weighted by Crippen LogP contribution is -2.54. The molecule has 2 aliphatic carbocycles. The van der Waals surface area contributed by atoms with Crippen LogP contribution in [0.15, 0.2) is 54.3 Å². The quantitative estimate of drug-likeness (QED) is 0.449. The van der Waals surface area contributed by atoms with Crippen LogP contribution in [0.3, 0.4) is 0 Å². The molecule has 4 aliphatic rings. The second kappa shape index (κ2) is 12.2. The third kappa shape index (κ3) is 5.97. The first kappa shape index (κ1) is 27.1. The highest BCUT2D eigenvalue weighted by atomic mass is 16.5. The maximum Gasteiger partial charge on any atom is 0.289 e. The van der Waals surface area contributed by atoms with E-state index >= 15 is 0 Å². The van der Waals surface area contributed by atoms with E-state index in [1.165, 1.54) is 37.7 Å². The van der Waals surface area contributed by atoms with E-state index in [0.29, 0.717) is 23.9 Å². The largest absolute Gasteiger partial charge is 0.482 e. The summed E-state index contributed by atoms with van der Waals surface area (Å²) in [5.41, 5.74) is 3.95. The number of fused-ring (bicyclic) bond motifs is 1. The maximum absolute atomic E-state index is 13.7. The monoisotopic (exact) mass is 541 g/mol. The highest BCUT2D eigenvalue weighted by Gasteiger charge is 2.41. The van der Waals surface area contributed by atoms with E-state index < -0.39 is 0 Å². The number of hydrogen-bond donors (Lipinski definition) is 0. The summed E-state index contributed by atoms with van der Waals surface area (Å²) >= 11 is 0. The van der Waals surface area contributed by atoms with Crippen LogP contribution in [0.2, 0.25) is 0 Å². The van der Waals surface area contributed by atoms with E-state index in [1.807, 2.05) is 40.1 Å². The molecule has 2 aromatic rings. The molecule has 6 rings (SSSR count). The summed E-state index contributed by atoms with van der Waals surface area (Å²) in [6, 6.07) is 16.9. The fraction of sp³-hybridized carbons (Fsp3) is 0.529. The highest BCUT2D eigenvalue weighted by molar-refractivity contribution is 5.97. The van der Waals surface area contributed by atoms with Gasteiger partial charge in [0.15, 0.2) is 5.76 Å². The number of nitrogens with zero attached hydrogens (tertiary/aromatic N) is 3. The second-order valence-corrected chi connectivity index (χ2v) is 12.2. The van der Waals surface area contributed by atoms with Crippen LogP contribution >= 0.6 is 0 Å². The van der Waals surface area contributed by atoms with Crippen molar-refractivity contribution in [3.8, 4) is 0 Å². The van der Waals surface area contributed by atoms with Gasteiger partial charge in [-0.1, -0.05) is 67.6 Å². The minimum absolute atomic E-state index is 0.0376. The first-order valence-corrected chi connectivity index (χ1v) is 15.4. The van der Waals surface area contributed by atoms with Gasteiger partial charge >= 0.3 is 0 Å². The number of benzene rings is 2. The van der Waals surface area contributed by atoms with E-state index in [4.69, 9.17) is 4.74 Å². The topological polar surface area (TPSA) is 53.1 Å². The second-order valence-electron chi connectivity index (χ2n) is 12.2. The van der Waals surface area contributed by atoms with Crippen molar-refractivity contribution >= 4 is 17.9 Å². The number of morpholine rings is 1. The standard InChI is InChI=1S/C34H43N3O3/c1-25-8-7-9-27(22-25)24-37-30-12-5-6-13-31(30)40-32(34(37)39)23-26-14-16-28(17-15-26)33(38)36-20-18-35(19-21-36)29-10-3-2-4-11-29/h7-9,14-17,22-23,29-31H,2-6,10-13,18-21,24H2,1H3/b32-23+. The molecule has 2 heterocycles. The third-order valence-corrected chi connectivity index (χ3v) is 9.40. The molecule has 2 unspecified atom stereocenters. The summed E-state index contributed by atoms with van der Waals surface area (Å²) in [5.74, 6) is 0.469. The van der Waals surface area contributed by atoms with Crippen LogP contribution in [0.25, 0.3) is 6.08 Å². The van der Waals surface area contributed by atoms with E-state index in [0.717, 1.165) is 63.0 Å². The molecule has 40 heavy (non-hydrogen) atoms. The lowest BCUT2D eigenvalue weighted by molar-refractivity contribution is -0.149. The molecule has 6 heteroatoms. The van der Waals surface area contributed by atoms with Gasteiger partial charge < -0.3 is 14.5 Å². The van der Waals surface area contributed by atoms with Crippen LogP contribution in [0.4, 0.5) is 0 Å². The van der Waals surface area contributed by atoms with Crippen LogP contribution < -0.4 is 0 Å². The molecule has 2 atom stereocenters. The van der Waals surface area contributed by atoms with E-state index in [1.54, 1.807) is 0 Å². The van der Waals surface area contributed by atoms with Crippen LogP contribution in [0.1, 0.15) is 84.8 Å². The van der Waals surface area contributed by atoms with Gasteiger partial charge in [0, 0.05) is 44.3 Å². The van der Waals surface area contributed by atoms with E-state index in [-0.39, 0.29) is 24.0 Å². The van der Waals surface area contributed by atoms with Gasteiger partial charge in [-0.3, -0.25) is 14.5 Å². The zero-order chi connectivity index (χ0) is 27.5. The number of hydrogen-bond acceptors (Lipinski definition) is 4. The van der Waals surface area contributed by atoms with Gasteiger partial charge in [0.25, 0.3) is 11.8 Å². The first-order valence-electron chi connectivity index (χ1n) is 15.4. The molecule has 0 bridgehead atoms. The normalized spacial score (nSPS) is 25.5. The average Bonchev–Trinajstić information content (AvgIpc) is 3.00. The molecule has 0 spiro atoms. The molecule has 4 fully saturated rings. The Hall–Kier alpha value is -3.12. The molecule has 6 nitrogen and oxygen atoms in total. The summed E-state index contributed by atoms with van der Waals surface area (Å²) in [6.07, 6.45) is 12.8. The van der Waals surface area contributed by atoms with Gasteiger partial charge in [-0.2, -0.15) is 0 Å². The van der Waals surface area contributed by atoms with Crippen molar-refractivity contribution in [3.05, 3.63) is 76.5 Å². The van der Waals surface area contributed by atoms with Crippen molar-refractivity contribution in [2.75, 3.05) is 26.2 Å². The number of carbonyl (C=O) groups is 2. The van der Waals surface area contributed by atoms with Crippen LogP contribution in [-0.2, 0) is 16.1 Å². The van der Waals surface area contributed by atoms with Crippen molar-refractivity contribution in [2.45, 2.75) is 89.4 Å². The maximum atomic E-state index is 13.7. The van der Waals surface area contributed by atoms with Crippen molar-refractivity contribution in [2.24, 2.45) is 0 Å². The molecule has 2 aromatic carbocycles. The fourth-order valence-corrected chi connectivity index (χ4v) is 7.16. The number of aryl methyl sites for hydroxylation is 1. The Morgan fingerprint density at radius 1 is 0.900 bits per heavy atom. The van der Waals surface area contributed by atoms with Crippen molar-refractivity contribution in [1.29, 1.82) is 0 Å². The molecule has 2 amide bonds. The molecule has 212 valence electrons. The number of piperazine rings is 1. The average molecular weight is 542 g/mol. The zero-order valence-electron chi connectivity index (χ0n) is 23.9. The summed E-state index contributed by atoms with van der Waals surface area (Å²) in [5, 5.41) is 0. The van der Waals surface area contributed by atoms with Crippen molar-refractivity contribution in [3.63, 3.8) is 0 Å². The van der Waals surface area contributed by atoms with Crippen molar-refractivity contribution in [1.82, 2.24) is 14.7 Å². The van der Waals surface area contributed by atoms with Gasteiger partial charge in [-0.05, 0) is 68.4 Å². The minimum Gasteiger partial charge on any atom is -0.482 e. The number of rotatable bonds is 5. The number of ether oxygens (including phenoxy) is 1. The van der Waals surface area contributed by atoms with Gasteiger partial charge in [-0.15, -0.1) is 0 Å². The van der Waals surface area contributed by atoms with Gasteiger partial charge in [0.2, 0.25) is 0 Å². The lowest BCUT2D eigenvalue weighted by atomic mass is 9.89. The van der Waals surface area contributed by atoms with Gasteiger partial charge in [-0.25, -0.2) is 0 Å². The predicted octanol–water partition coefficient (Wildman–Crippen LogP) is 5.80. The summed E-state index contributed by atoms with van der Waals surface area (Å²) in [6.45, 7) is 6.23. The third-order valence-electron chi connectivity index (χ3n) is 9.40. The molecule has 0 N–H and O–H groups in total. The molecule has 2 saturated heterocycles. The van der Waals surface area contributed by atoms with Gasteiger partial charge in [0.1, 0.15) is 6.10 Å². The SMILES string of the molecule is Cc1cccc(CN2C(=O)/C(=C\c3ccc(C(=O)N4CCN(C5CCCCC5)CC4)cc3)OC3CCCCC32)c1. The zero-order valence-corrected chi connectivity index (χ0v) is 23.9. The summed E-state index contributed by atoms with van der Waals surface area (Å²) in [7, 11) is 0. The van der Waals surface area contributed by atoms with Crippen LogP contribution in [0, 0.1) is 6.92 Å². The molecular weight excluding hydrogens is 498 g/mol. The van der Waals surface area contributed by atoms with Gasteiger partial charge in [0.05, 0.1) is 6.04 Å². The molecular formula is C34H43N3O3. The smallest absolute Gasteiger partial charge is 0.289 e. The Kier molecular flexibility index (Phi) is 8.24. The molecule has 0 aromatic heterocycles. The molecule has 2 saturated carbocycles. The van der Waals surface area contributed by atoms with Crippen LogP contribution in [0.5, 0.6) is 0 Å². The Bertz CT molecular complexity index is 1230. The Morgan fingerprint density at radius 3 is 2.38 bits per heavy atom. The Labute approximate surface area is 239 Å². The number of amides is 2. The minimum atomic E-state index is -0.0411. The highest BCUT2D eigenvalue weighted by Crippen LogP contribution is 2.34. The van der Waals surface area contributed by atoms with Crippen molar-refractivity contribution < 1.29 is 14.3 Å². The summed E-state index contributed by atoms with van der Waals surface area (Å²) < 4.78 is 6.32. The lowest BCUT2D eigenvalue weighted by Gasteiger charge is -2.44. The Balaban J connectivity index is 1.12. The molecule has 0 radical (unpaired) electrons. The summed E-state index contributed by atoms with van der Waals surface area (Å²) in [4.78, 5) is 33.5. The van der Waals surface area contributed by atoms with Crippen LogP contribution in [-0.4, -0.2) is 70.9 Å². The van der Waals surface area contributed by atoms with E-state index in [9.17, 15) is 9.59 Å². The fourth-order valence-electron chi connectivity index (χ4n) is 7.16. The Morgan fingerprint density at radius 2 is 1.62 bits per heavy atom. The molecule has 2 aliphatic heterocycles. The van der Waals surface area contributed by atoms with E-state index in [2.05, 4.69) is 36.1 Å².